The first-order chi connectivity index (χ1) is 10.1. The van der Waals surface area contributed by atoms with Gasteiger partial charge in [0.25, 0.3) is 0 Å². The van der Waals surface area contributed by atoms with Crippen molar-refractivity contribution in [1.29, 1.82) is 0 Å². The number of hydrogen-bond acceptors (Lipinski definition) is 4. The minimum Gasteiger partial charge on any atom is -0.477 e. The van der Waals surface area contributed by atoms with Crippen LogP contribution in [0.1, 0.15) is 33.1 Å². The normalized spacial score (nSPS) is 13.8. The maximum atomic E-state index is 11.4. The molecule has 5 nitrogen and oxygen atoms in total. The Kier molecular flexibility index (Phi) is 3.98. The van der Waals surface area contributed by atoms with Gasteiger partial charge in [0.05, 0.1) is 5.69 Å². The molecule has 0 bridgehead atoms. The highest BCUT2D eigenvalue weighted by molar-refractivity contribution is 9.10. The van der Waals surface area contributed by atoms with Crippen LogP contribution in [0.15, 0.2) is 28.7 Å². The molecule has 0 spiro atoms. The van der Waals surface area contributed by atoms with E-state index in [1.165, 1.54) is 0 Å². The van der Waals surface area contributed by atoms with Gasteiger partial charge in [-0.25, -0.2) is 14.8 Å². The summed E-state index contributed by atoms with van der Waals surface area (Å²) in [6, 6.07) is 7.86. The molecule has 0 atom stereocenters. The number of aromatic nitrogens is 2. The number of rotatable bonds is 3. The third kappa shape index (κ3) is 3.11. The van der Waals surface area contributed by atoms with Crippen LogP contribution in [0, 0.1) is 0 Å². The van der Waals surface area contributed by atoms with E-state index in [1.54, 1.807) is 0 Å². The average Bonchev–Trinajstić information content (AvgIpc) is 2.46. The van der Waals surface area contributed by atoms with Gasteiger partial charge < -0.3 is 10.4 Å². The third-order valence-corrected chi connectivity index (χ3v) is 3.93. The van der Waals surface area contributed by atoms with Gasteiger partial charge >= 0.3 is 5.97 Å². The highest BCUT2D eigenvalue weighted by Gasteiger charge is 2.21. The fourth-order valence-corrected chi connectivity index (χ4v) is 2.94. The van der Waals surface area contributed by atoms with Gasteiger partial charge in [-0.05, 0) is 30.7 Å². The van der Waals surface area contributed by atoms with E-state index in [2.05, 4.69) is 31.2 Å². The number of aromatic carboxylic acids is 1. The topological polar surface area (TPSA) is 75.1 Å². The number of carboxylic acids is 1. The highest BCUT2D eigenvalue weighted by atomic mass is 79.9. The van der Waals surface area contributed by atoms with Gasteiger partial charge in [-0.15, -0.1) is 0 Å². The third-order valence-electron chi connectivity index (χ3n) is 3.44. The Bertz CT molecular complexity index is 703. The Hall–Kier alpha value is -1.79. The summed E-state index contributed by atoms with van der Waals surface area (Å²) in [5.41, 5.74) is 2.76. The van der Waals surface area contributed by atoms with Crippen LogP contribution in [0.25, 0.3) is 0 Å². The molecule has 1 aliphatic rings. The molecule has 0 aliphatic carbocycles. The van der Waals surface area contributed by atoms with Crippen LogP contribution in [-0.2, 0) is 19.4 Å². The summed E-state index contributed by atoms with van der Waals surface area (Å²) in [5.74, 6) is -0.431. The van der Waals surface area contributed by atoms with Crippen LogP contribution in [0.3, 0.4) is 0 Å². The molecule has 0 unspecified atom stereocenters. The lowest BCUT2D eigenvalue weighted by Crippen LogP contribution is -2.28. The van der Waals surface area contributed by atoms with Gasteiger partial charge in [0, 0.05) is 23.0 Å². The Morgan fingerprint density at radius 2 is 2.24 bits per heavy atom. The van der Waals surface area contributed by atoms with Crippen molar-refractivity contribution in [3.8, 4) is 0 Å². The number of carbonyl (C=O) groups is 1. The van der Waals surface area contributed by atoms with Crippen molar-refractivity contribution < 1.29 is 9.90 Å². The number of halogens is 1. The van der Waals surface area contributed by atoms with Gasteiger partial charge in [0.15, 0.2) is 5.69 Å². The Morgan fingerprint density at radius 1 is 1.38 bits per heavy atom. The number of nitrogens with zero attached hydrogens (tertiary/aromatic N) is 2. The second kappa shape index (κ2) is 5.91. The largest absolute Gasteiger partial charge is 0.477 e. The molecule has 6 heteroatoms. The standard InChI is InChI=1S/C15H14BrN3O2/c16-10-3-1-2-9(6-10)7-13-18-12-8-17-5-4-11(12)14(19-13)15(20)21/h1-3,6,17H,4-5,7-8H2,(H,20,21). The number of hydrogen-bond donors (Lipinski definition) is 2. The molecule has 0 amide bonds. The minimum atomic E-state index is -0.981. The monoisotopic (exact) mass is 347 g/mol. The van der Waals surface area contributed by atoms with E-state index in [9.17, 15) is 9.90 Å². The van der Waals surface area contributed by atoms with E-state index in [4.69, 9.17) is 0 Å². The molecule has 2 heterocycles. The maximum absolute atomic E-state index is 11.4. The molecule has 1 aromatic carbocycles. The Labute approximate surface area is 130 Å². The number of nitrogens with one attached hydrogen (secondary N) is 1. The van der Waals surface area contributed by atoms with Gasteiger partial charge in [0.2, 0.25) is 0 Å². The first-order valence-electron chi connectivity index (χ1n) is 6.70. The predicted octanol–water partition coefficient (Wildman–Crippen LogP) is 2.17. The molecule has 2 aromatic rings. The zero-order valence-corrected chi connectivity index (χ0v) is 12.9. The quantitative estimate of drug-likeness (QED) is 0.889. The van der Waals surface area contributed by atoms with E-state index < -0.39 is 5.97 Å². The maximum Gasteiger partial charge on any atom is 0.354 e. The molecule has 0 saturated heterocycles. The number of fused-ring (bicyclic) bond motifs is 1. The summed E-state index contributed by atoms with van der Waals surface area (Å²) in [5, 5.41) is 12.6. The van der Waals surface area contributed by atoms with Crippen molar-refractivity contribution in [2.24, 2.45) is 0 Å². The lowest BCUT2D eigenvalue weighted by atomic mass is 10.0. The van der Waals surface area contributed by atoms with Crippen molar-refractivity contribution >= 4 is 21.9 Å². The van der Waals surface area contributed by atoms with E-state index in [0.29, 0.717) is 25.2 Å². The van der Waals surface area contributed by atoms with Gasteiger partial charge in [-0.3, -0.25) is 0 Å². The van der Waals surface area contributed by atoms with Crippen molar-refractivity contribution in [2.75, 3.05) is 6.54 Å². The highest BCUT2D eigenvalue weighted by Crippen LogP contribution is 2.19. The SMILES string of the molecule is O=C(O)c1nc(Cc2cccc(Br)c2)nc2c1CCNC2. The summed E-state index contributed by atoms with van der Waals surface area (Å²) in [6.45, 7) is 1.37. The molecule has 0 radical (unpaired) electrons. The van der Waals surface area contributed by atoms with E-state index in [-0.39, 0.29) is 5.69 Å². The molecule has 1 aromatic heterocycles. The van der Waals surface area contributed by atoms with E-state index in [1.807, 2.05) is 24.3 Å². The summed E-state index contributed by atoms with van der Waals surface area (Å²) < 4.78 is 0.984. The van der Waals surface area contributed by atoms with Gasteiger partial charge in [-0.1, -0.05) is 28.1 Å². The predicted molar refractivity (Wildman–Crippen MR) is 81.4 cm³/mol. The first-order valence-corrected chi connectivity index (χ1v) is 7.50. The fourth-order valence-electron chi connectivity index (χ4n) is 2.50. The van der Waals surface area contributed by atoms with Crippen molar-refractivity contribution in [1.82, 2.24) is 15.3 Å². The van der Waals surface area contributed by atoms with Crippen LogP contribution in [0.4, 0.5) is 0 Å². The van der Waals surface area contributed by atoms with Gasteiger partial charge in [0.1, 0.15) is 5.82 Å². The second-order valence-electron chi connectivity index (χ2n) is 4.95. The van der Waals surface area contributed by atoms with Crippen LogP contribution in [-0.4, -0.2) is 27.6 Å². The summed E-state index contributed by atoms with van der Waals surface area (Å²) >= 11 is 3.43. The molecular weight excluding hydrogens is 334 g/mol. The van der Waals surface area contributed by atoms with Gasteiger partial charge in [-0.2, -0.15) is 0 Å². The summed E-state index contributed by atoms with van der Waals surface area (Å²) in [4.78, 5) is 20.2. The number of carboxylic acid groups (broad SMARTS) is 1. The minimum absolute atomic E-state index is 0.145. The van der Waals surface area contributed by atoms with Crippen LogP contribution in [0.5, 0.6) is 0 Å². The van der Waals surface area contributed by atoms with Crippen LogP contribution >= 0.6 is 15.9 Å². The Morgan fingerprint density at radius 3 is 3.00 bits per heavy atom. The molecule has 2 N–H and O–H groups in total. The molecule has 1 aliphatic heterocycles. The Balaban J connectivity index is 1.99. The van der Waals surface area contributed by atoms with E-state index >= 15 is 0 Å². The van der Waals surface area contributed by atoms with E-state index in [0.717, 1.165) is 27.8 Å². The fraction of sp³-hybridized carbons (Fsp3) is 0.267. The average molecular weight is 348 g/mol. The first kappa shape index (κ1) is 14.2. The molecule has 108 valence electrons. The lowest BCUT2D eigenvalue weighted by Gasteiger charge is -2.18. The molecule has 21 heavy (non-hydrogen) atoms. The van der Waals surface area contributed by atoms with Crippen molar-refractivity contribution in [2.45, 2.75) is 19.4 Å². The lowest BCUT2D eigenvalue weighted by molar-refractivity contribution is 0.0688. The molecule has 0 saturated carbocycles. The van der Waals surface area contributed by atoms with Crippen LogP contribution < -0.4 is 5.32 Å². The molecule has 3 rings (SSSR count). The molecule has 0 fully saturated rings. The summed E-state index contributed by atoms with van der Waals surface area (Å²) in [7, 11) is 0. The second-order valence-corrected chi connectivity index (χ2v) is 5.87. The zero-order chi connectivity index (χ0) is 14.8. The molecular formula is C15H14BrN3O2. The zero-order valence-electron chi connectivity index (χ0n) is 11.3. The van der Waals surface area contributed by atoms with Crippen molar-refractivity contribution in [3.05, 3.63) is 57.1 Å². The smallest absolute Gasteiger partial charge is 0.354 e. The summed E-state index contributed by atoms with van der Waals surface area (Å²) in [6.07, 6.45) is 1.18. The van der Waals surface area contributed by atoms with Crippen LogP contribution in [0.2, 0.25) is 0 Å². The van der Waals surface area contributed by atoms with Crippen molar-refractivity contribution in [3.63, 3.8) is 0 Å². The number of benzene rings is 1.